The average molecular weight is 270 g/mol. The van der Waals surface area contributed by atoms with Crippen molar-refractivity contribution in [2.75, 3.05) is 40.4 Å². The molecule has 1 aromatic rings. The van der Waals surface area contributed by atoms with Crippen LogP contribution in [0.2, 0.25) is 0 Å². The van der Waals surface area contributed by atoms with Crippen molar-refractivity contribution in [3.8, 4) is 0 Å². The summed E-state index contributed by atoms with van der Waals surface area (Å²) in [6.45, 7) is 3.75. The van der Waals surface area contributed by atoms with E-state index in [2.05, 4.69) is 15.3 Å². The molecule has 0 fully saturated rings. The first kappa shape index (κ1) is 15.6. The number of nitrogens with zero attached hydrogens (tertiary/aromatic N) is 3. The maximum Gasteiger partial charge on any atom is 0.339 e. The molecule has 0 amide bonds. The number of methoxy groups -OCH3 is 1. The standard InChI is InChI=1S/C12H22N4O3/c1-15(6-7-19-3)5-4-13-9-11-10(12(17)18)8-14-16(11)2/h8,13H,4-7,9H2,1-3H3,(H,17,18). The van der Waals surface area contributed by atoms with E-state index in [0.29, 0.717) is 18.8 Å². The molecule has 0 radical (unpaired) electrons. The molecular weight excluding hydrogens is 248 g/mol. The smallest absolute Gasteiger partial charge is 0.339 e. The van der Waals surface area contributed by atoms with Crippen LogP contribution in [0.3, 0.4) is 0 Å². The molecule has 0 aromatic carbocycles. The number of carbonyl (C=O) groups is 1. The van der Waals surface area contributed by atoms with Gasteiger partial charge < -0.3 is 20.1 Å². The molecule has 1 heterocycles. The molecule has 1 rings (SSSR count). The third kappa shape index (κ3) is 4.98. The summed E-state index contributed by atoms with van der Waals surface area (Å²) in [6, 6.07) is 0. The zero-order valence-corrected chi connectivity index (χ0v) is 11.7. The fourth-order valence-corrected chi connectivity index (χ4v) is 1.69. The summed E-state index contributed by atoms with van der Waals surface area (Å²) < 4.78 is 6.58. The molecular formula is C12H22N4O3. The fraction of sp³-hybridized carbons (Fsp3) is 0.667. The van der Waals surface area contributed by atoms with Gasteiger partial charge in [0.1, 0.15) is 5.56 Å². The SMILES string of the molecule is COCCN(C)CCNCc1c(C(=O)O)cnn1C. The van der Waals surface area contributed by atoms with Crippen molar-refractivity contribution in [1.82, 2.24) is 20.0 Å². The highest BCUT2D eigenvalue weighted by Gasteiger charge is 2.14. The summed E-state index contributed by atoms with van der Waals surface area (Å²) in [5, 5.41) is 16.2. The highest BCUT2D eigenvalue weighted by Crippen LogP contribution is 2.06. The molecule has 0 saturated carbocycles. The van der Waals surface area contributed by atoms with Gasteiger partial charge in [-0.1, -0.05) is 0 Å². The van der Waals surface area contributed by atoms with E-state index in [-0.39, 0.29) is 5.56 Å². The van der Waals surface area contributed by atoms with Crippen LogP contribution in [0.4, 0.5) is 0 Å². The lowest BCUT2D eigenvalue weighted by Gasteiger charge is -2.16. The minimum absolute atomic E-state index is 0.253. The molecule has 0 saturated heterocycles. The summed E-state index contributed by atoms with van der Waals surface area (Å²) in [5.41, 5.74) is 0.940. The van der Waals surface area contributed by atoms with Gasteiger partial charge in [0.05, 0.1) is 18.5 Å². The molecule has 0 bridgehead atoms. The van der Waals surface area contributed by atoms with E-state index in [0.717, 1.165) is 19.6 Å². The van der Waals surface area contributed by atoms with Crippen LogP contribution < -0.4 is 5.32 Å². The Balaban J connectivity index is 2.33. The molecule has 0 aliphatic heterocycles. The molecule has 2 N–H and O–H groups in total. The Morgan fingerprint density at radius 2 is 2.32 bits per heavy atom. The number of hydrogen-bond donors (Lipinski definition) is 2. The van der Waals surface area contributed by atoms with E-state index in [1.54, 1.807) is 18.8 Å². The molecule has 0 unspecified atom stereocenters. The van der Waals surface area contributed by atoms with Crippen LogP contribution in [0.25, 0.3) is 0 Å². The minimum Gasteiger partial charge on any atom is -0.478 e. The van der Waals surface area contributed by atoms with Crippen LogP contribution in [-0.4, -0.2) is 66.2 Å². The zero-order chi connectivity index (χ0) is 14.3. The number of nitrogens with one attached hydrogen (secondary N) is 1. The van der Waals surface area contributed by atoms with Crippen molar-refractivity contribution >= 4 is 5.97 Å². The summed E-state index contributed by atoms with van der Waals surface area (Å²) >= 11 is 0. The number of aryl methyl sites for hydroxylation is 1. The Morgan fingerprint density at radius 1 is 1.58 bits per heavy atom. The second-order valence-electron chi connectivity index (χ2n) is 4.41. The van der Waals surface area contributed by atoms with E-state index in [4.69, 9.17) is 9.84 Å². The lowest BCUT2D eigenvalue weighted by Crippen LogP contribution is -2.31. The minimum atomic E-state index is -0.942. The van der Waals surface area contributed by atoms with Gasteiger partial charge >= 0.3 is 5.97 Å². The van der Waals surface area contributed by atoms with Crippen molar-refractivity contribution in [3.05, 3.63) is 17.5 Å². The van der Waals surface area contributed by atoms with Crippen molar-refractivity contribution in [3.63, 3.8) is 0 Å². The topological polar surface area (TPSA) is 79.6 Å². The summed E-state index contributed by atoms with van der Waals surface area (Å²) in [5.74, 6) is -0.942. The Bertz CT molecular complexity index is 406. The van der Waals surface area contributed by atoms with Gasteiger partial charge in [0.2, 0.25) is 0 Å². The fourth-order valence-electron chi connectivity index (χ4n) is 1.69. The van der Waals surface area contributed by atoms with Gasteiger partial charge in [0, 0.05) is 40.3 Å². The first-order chi connectivity index (χ1) is 9.06. The third-order valence-electron chi connectivity index (χ3n) is 2.93. The van der Waals surface area contributed by atoms with Gasteiger partial charge in [-0.2, -0.15) is 5.10 Å². The maximum absolute atomic E-state index is 11.0. The number of ether oxygens (including phenoxy) is 1. The molecule has 7 nitrogen and oxygen atoms in total. The van der Waals surface area contributed by atoms with Crippen LogP contribution in [0.15, 0.2) is 6.20 Å². The molecule has 1 aromatic heterocycles. The Kier molecular flexibility index (Phi) is 6.48. The quantitative estimate of drug-likeness (QED) is 0.604. The lowest BCUT2D eigenvalue weighted by molar-refractivity contribution is 0.0695. The first-order valence-corrected chi connectivity index (χ1v) is 6.18. The van der Waals surface area contributed by atoms with Gasteiger partial charge in [-0.3, -0.25) is 4.68 Å². The number of hydrogen-bond acceptors (Lipinski definition) is 5. The van der Waals surface area contributed by atoms with Crippen LogP contribution in [-0.2, 0) is 18.3 Å². The molecule has 19 heavy (non-hydrogen) atoms. The average Bonchev–Trinajstić information content (AvgIpc) is 2.74. The lowest BCUT2D eigenvalue weighted by atomic mass is 10.2. The number of likely N-dealkylation sites (N-methyl/N-ethyl adjacent to an activating group) is 1. The van der Waals surface area contributed by atoms with Crippen LogP contribution in [0.5, 0.6) is 0 Å². The van der Waals surface area contributed by atoms with E-state index in [1.807, 2.05) is 7.05 Å². The maximum atomic E-state index is 11.0. The molecule has 0 spiro atoms. The second-order valence-corrected chi connectivity index (χ2v) is 4.41. The second kappa shape index (κ2) is 7.88. The summed E-state index contributed by atoms with van der Waals surface area (Å²) in [6.07, 6.45) is 1.38. The van der Waals surface area contributed by atoms with Gasteiger partial charge in [0.15, 0.2) is 0 Å². The predicted molar refractivity (Wildman–Crippen MR) is 71.2 cm³/mol. The van der Waals surface area contributed by atoms with E-state index < -0.39 is 5.97 Å². The highest BCUT2D eigenvalue weighted by atomic mass is 16.5. The van der Waals surface area contributed by atoms with Crippen LogP contribution >= 0.6 is 0 Å². The van der Waals surface area contributed by atoms with Crippen molar-refractivity contribution < 1.29 is 14.6 Å². The van der Waals surface area contributed by atoms with Gasteiger partial charge in [-0.05, 0) is 7.05 Å². The van der Waals surface area contributed by atoms with E-state index in [1.165, 1.54) is 6.20 Å². The Morgan fingerprint density at radius 3 is 2.95 bits per heavy atom. The number of rotatable bonds is 9. The summed E-state index contributed by atoms with van der Waals surface area (Å²) in [4.78, 5) is 13.1. The van der Waals surface area contributed by atoms with Gasteiger partial charge in [0.25, 0.3) is 0 Å². The Hall–Kier alpha value is -1.44. The van der Waals surface area contributed by atoms with E-state index >= 15 is 0 Å². The van der Waals surface area contributed by atoms with E-state index in [9.17, 15) is 4.79 Å². The zero-order valence-electron chi connectivity index (χ0n) is 11.7. The highest BCUT2D eigenvalue weighted by molar-refractivity contribution is 5.88. The normalized spacial score (nSPS) is 11.2. The predicted octanol–water partition coefficient (Wildman–Crippen LogP) is -0.214. The largest absolute Gasteiger partial charge is 0.478 e. The first-order valence-electron chi connectivity index (χ1n) is 6.18. The number of aromatic carboxylic acids is 1. The molecule has 0 aliphatic carbocycles. The number of carboxylic acids is 1. The molecule has 0 aliphatic rings. The molecule has 0 atom stereocenters. The van der Waals surface area contributed by atoms with Crippen LogP contribution in [0, 0.1) is 0 Å². The molecule has 108 valence electrons. The van der Waals surface area contributed by atoms with Gasteiger partial charge in [-0.15, -0.1) is 0 Å². The van der Waals surface area contributed by atoms with Gasteiger partial charge in [-0.25, -0.2) is 4.79 Å². The number of aromatic nitrogens is 2. The van der Waals surface area contributed by atoms with Crippen LogP contribution in [0.1, 0.15) is 16.1 Å². The van der Waals surface area contributed by atoms with Crippen molar-refractivity contribution in [2.45, 2.75) is 6.54 Å². The number of carboxylic acid groups (broad SMARTS) is 1. The van der Waals surface area contributed by atoms with Crippen molar-refractivity contribution in [1.29, 1.82) is 0 Å². The third-order valence-corrected chi connectivity index (χ3v) is 2.93. The summed E-state index contributed by atoms with van der Waals surface area (Å²) in [7, 11) is 5.45. The van der Waals surface area contributed by atoms with Crippen molar-refractivity contribution in [2.24, 2.45) is 7.05 Å². The monoisotopic (exact) mass is 270 g/mol. The Labute approximate surface area is 113 Å². The molecule has 7 heteroatoms.